The molecule has 8 nitrogen and oxygen atoms in total. The molecule has 2 heterocycles. The van der Waals surface area contributed by atoms with Crippen molar-refractivity contribution in [3.63, 3.8) is 0 Å². The highest BCUT2D eigenvalue weighted by Gasteiger charge is 2.14. The number of aromatic nitrogens is 3. The summed E-state index contributed by atoms with van der Waals surface area (Å²) in [4.78, 5) is 2.36. The van der Waals surface area contributed by atoms with Crippen LogP contribution in [0.2, 0.25) is 5.02 Å². The Morgan fingerprint density at radius 2 is 2.00 bits per heavy atom. The van der Waals surface area contributed by atoms with E-state index in [2.05, 4.69) is 25.6 Å². The summed E-state index contributed by atoms with van der Waals surface area (Å²) in [6.07, 6.45) is 0.890. The normalized spacial score (nSPS) is 14.5. The zero-order valence-corrected chi connectivity index (χ0v) is 17.9. The Labute approximate surface area is 184 Å². The van der Waals surface area contributed by atoms with Gasteiger partial charge in [0.1, 0.15) is 11.3 Å². The number of hydrogen-bond donors (Lipinski definition) is 1. The van der Waals surface area contributed by atoms with Crippen molar-refractivity contribution in [1.29, 1.82) is 0 Å². The van der Waals surface area contributed by atoms with Crippen LogP contribution in [-0.2, 0) is 4.74 Å². The fraction of sp³-hybridized carbons (Fsp3) is 0.381. The number of morpholine rings is 1. The highest BCUT2D eigenvalue weighted by atomic mass is 35.5. The maximum atomic E-state index is 13.4. The fourth-order valence-electron chi connectivity index (χ4n) is 3.36. The second kappa shape index (κ2) is 10.0. The summed E-state index contributed by atoms with van der Waals surface area (Å²) in [6.45, 7) is 4.99. The van der Waals surface area contributed by atoms with Gasteiger partial charge in [-0.25, -0.2) is 4.39 Å². The summed E-state index contributed by atoms with van der Waals surface area (Å²) >= 11 is 5.87. The number of ether oxygens (including phenoxy) is 3. The summed E-state index contributed by atoms with van der Waals surface area (Å²) in [6, 6.07) is 7.90. The minimum absolute atomic E-state index is 0.0154. The van der Waals surface area contributed by atoms with Gasteiger partial charge in [-0.05, 0) is 35.9 Å². The highest BCUT2D eigenvalue weighted by Crippen LogP contribution is 2.34. The van der Waals surface area contributed by atoms with Gasteiger partial charge in [0.2, 0.25) is 0 Å². The number of anilines is 2. The average molecular weight is 448 g/mol. The third-order valence-corrected chi connectivity index (χ3v) is 5.29. The van der Waals surface area contributed by atoms with Crippen LogP contribution in [0.5, 0.6) is 11.5 Å². The van der Waals surface area contributed by atoms with Crippen molar-refractivity contribution < 1.29 is 18.6 Å². The maximum Gasteiger partial charge on any atom is 0.164 e. The van der Waals surface area contributed by atoms with Crippen molar-refractivity contribution in [3.05, 3.63) is 41.2 Å². The van der Waals surface area contributed by atoms with E-state index in [1.54, 1.807) is 25.3 Å². The first-order valence-corrected chi connectivity index (χ1v) is 10.4. The molecule has 10 heteroatoms. The summed E-state index contributed by atoms with van der Waals surface area (Å²) in [7, 11) is 1.58. The predicted octanol–water partition coefficient (Wildman–Crippen LogP) is 3.67. The topological polar surface area (TPSA) is 81.6 Å². The van der Waals surface area contributed by atoms with Gasteiger partial charge in [-0.3, -0.25) is 4.90 Å². The maximum absolute atomic E-state index is 13.4. The second-order valence-electron chi connectivity index (χ2n) is 7.07. The number of nitrogens with zero attached hydrogens (tertiary/aromatic N) is 4. The van der Waals surface area contributed by atoms with Crippen LogP contribution in [0.4, 0.5) is 15.9 Å². The first-order chi connectivity index (χ1) is 15.1. The quantitative estimate of drug-likeness (QED) is 0.524. The molecule has 31 heavy (non-hydrogen) atoms. The van der Waals surface area contributed by atoms with Crippen LogP contribution >= 0.6 is 11.6 Å². The molecule has 4 rings (SSSR count). The third kappa shape index (κ3) is 5.30. The molecule has 164 valence electrons. The monoisotopic (exact) mass is 447 g/mol. The highest BCUT2D eigenvalue weighted by molar-refractivity contribution is 6.31. The lowest BCUT2D eigenvalue weighted by atomic mass is 10.2. The first kappa shape index (κ1) is 21.5. The van der Waals surface area contributed by atoms with Gasteiger partial charge < -0.3 is 19.5 Å². The van der Waals surface area contributed by atoms with Crippen molar-refractivity contribution in [3.8, 4) is 11.5 Å². The molecule has 2 aromatic carbocycles. The molecule has 0 atom stereocenters. The van der Waals surface area contributed by atoms with E-state index < -0.39 is 5.82 Å². The van der Waals surface area contributed by atoms with Gasteiger partial charge in [-0.2, -0.15) is 0 Å². The number of benzene rings is 2. The zero-order chi connectivity index (χ0) is 21.6. The Balaban J connectivity index is 1.48. The Kier molecular flexibility index (Phi) is 6.96. The molecule has 0 aliphatic carbocycles. The van der Waals surface area contributed by atoms with E-state index in [4.69, 9.17) is 25.8 Å². The average Bonchev–Trinajstić information content (AvgIpc) is 2.79. The van der Waals surface area contributed by atoms with Crippen LogP contribution < -0.4 is 14.8 Å². The van der Waals surface area contributed by atoms with Gasteiger partial charge in [0.15, 0.2) is 17.3 Å². The second-order valence-corrected chi connectivity index (χ2v) is 7.48. The minimum Gasteiger partial charge on any atom is -0.493 e. The van der Waals surface area contributed by atoms with Gasteiger partial charge in [0.25, 0.3) is 0 Å². The van der Waals surface area contributed by atoms with Crippen molar-refractivity contribution in [2.45, 2.75) is 6.42 Å². The molecule has 0 saturated carbocycles. The zero-order valence-electron chi connectivity index (χ0n) is 17.1. The summed E-state index contributed by atoms with van der Waals surface area (Å²) < 4.78 is 30.3. The summed E-state index contributed by atoms with van der Waals surface area (Å²) in [5, 5.41) is 15.8. The molecule has 1 saturated heterocycles. The van der Waals surface area contributed by atoms with Crippen molar-refractivity contribution >= 4 is 34.0 Å². The summed E-state index contributed by atoms with van der Waals surface area (Å²) in [5.41, 5.74) is 1.17. The van der Waals surface area contributed by atoms with E-state index in [0.29, 0.717) is 40.5 Å². The van der Waals surface area contributed by atoms with Gasteiger partial charge >= 0.3 is 0 Å². The lowest BCUT2D eigenvalue weighted by molar-refractivity contribution is 0.0357. The molecule has 0 radical (unpaired) electrons. The standard InChI is InChI=1S/C21H23ClFN5O3/c1-29-19-12-15-18(13-20(19)31-8-2-5-28-6-9-30-10-7-28)25-27-26-21(15)24-14-3-4-17(23)16(22)11-14/h3-4,11-13H,2,5-10H2,1H3,(H,24,25,26). The number of hydrogen-bond acceptors (Lipinski definition) is 8. The Morgan fingerprint density at radius 1 is 1.16 bits per heavy atom. The summed E-state index contributed by atoms with van der Waals surface area (Å²) in [5.74, 6) is 1.11. The van der Waals surface area contributed by atoms with Crippen LogP contribution in [-0.4, -0.2) is 66.9 Å². The molecule has 3 aromatic rings. The lowest BCUT2D eigenvalue weighted by Gasteiger charge is -2.26. The molecule has 1 aromatic heterocycles. The Bertz CT molecular complexity index is 1050. The number of methoxy groups -OCH3 is 1. The molecule has 1 fully saturated rings. The van der Waals surface area contributed by atoms with Crippen LogP contribution in [0.1, 0.15) is 6.42 Å². The van der Waals surface area contributed by atoms with E-state index in [1.807, 2.05) is 0 Å². The Hall–Kier alpha value is -2.75. The molecule has 0 bridgehead atoms. The van der Waals surface area contributed by atoms with Gasteiger partial charge in [0.05, 0.1) is 37.3 Å². The van der Waals surface area contributed by atoms with Gasteiger partial charge in [-0.15, -0.1) is 10.2 Å². The van der Waals surface area contributed by atoms with E-state index in [9.17, 15) is 4.39 Å². The van der Waals surface area contributed by atoms with Gasteiger partial charge in [0, 0.05) is 31.4 Å². The molecule has 0 spiro atoms. The van der Waals surface area contributed by atoms with Crippen LogP contribution in [0.25, 0.3) is 10.9 Å². The van der Waals surface area contributed by atoms with Crippen molar-refractivity contribution in [1.82, 2.24) is 20.3 Å². The molecular formula is C21H23ClFN5O3. The molecule has 0 amide bonds. The SMILES string of the molecule is COc1cc2c(Nc3ccc(F)c(Cl)c3)nnnc2cc1OCCCN1CCOCC1. The van der Waals surface area contributed by atoms with Gasteiger partial charge in [-0.1, -0.05) is 11.6 Å². The van der Waals surface area contributed by atoms with Crippen LogP contribution in [0.3, 0.4) is 0 Å². The molecule has 1 N–H and O–H groups in total. The third-order valence-electron chi connectivity index (χ3n) is 5.00. The molecule has 0 unspecified atom stereocenters. The van der Waals surface area contributed by atoms with Crippen LogP contribution in [0, 0.1) is 5.82 Å². The van der Waals surface area contributed by atoms with E-state index in [-0.39, 0.29) is 5.02 Å². The van der Waals surface area contributed by atoms with Crippen molar-refractivity contribution in [2.75, 3.05) is 51.9 Å². The Morgan fingerprint density at radius 3 is 2.77 bits per heavy atom. The van der Waals surface area contributed by atoms with E-state index >= 15 is 0 Å². The van der Waals surface area contributed by atoms with Crippen molar-refractivity contribution in [2.24, 2.45) is 0 Å². The number of nitrogens with one attached hydrogen (secondary N) is 1. The minimum atomic E-state index is -0.491. The number of halogens is 2. The van der Waals surface area contributed by atoms with Crippen LogP contribution in [0.15, 0.2) is 30.3 Å². The number of rotatable bonds is 8. The number of fused-ring (bicyclic) bond motifs is 1. The van der Waals surface area contributed by atoms with E-state index in [0.717, 1.165) is 39.3 Å². The molecular weight excluding hydrogens is 425 g/mol. The lowest BCUT2D eigenvalue weighted by Crippen LogP contribution is -2.37. The van der Waals surface area contributed by atoms with E-state index in [1.165, 1.54) is 12.1 Å². The molecule has 1 aliphatic heterocycles. The smallest absolute Gasteiger partial charge is 0.164 e. The fourth-order valence-corrected chi connectivity index (χ4v) is 3.54. The first-order valence-electron chi connectivity index (χ1n) is 10.00. The predicted molar refractivity (Wildman–Crippen MR) is 116 cm³/mol. The largest absolute Gasteiger partial charge is 0.493 e. The molecule has 1 aliphatic rings.